The highest BCUT2D eigenvalue weighted by Crippen LogP contribution is 2.41. The van der Waals surface area contributed by atoms with Gasteiger partial charge in [0.05, 0.1) is 22.3 Å². The van der Waals surface area contributed by atoms with Crippen molar-refractivity contribution in [3.05, 3.63) is 59.3 Å². The molecule has 2 heterocycles. The van der Waals surface area contributed by atoms with E-state index in [1.54, 1.807) is 11.3 Å². The fraction of sp³-hybridized carbons (Fsp3) is 0.429. The molecule has 0 unspecified atom stereocenters. The van der Waals surface area contributed by atoms with Crippen LogP contribution in [0.5, 0.6) is 5.75 Å². The predicted molar refractivity (Wildman–Crippen MR) is 147 cm³/mol. The molecule has 194 valence electrons. The standard InChI is InChI=1S/C28H32N4O3S2/c1-19(2)35-26-11-8-20(16-21(26)17-29)28-30-18-27(36-28)24-7-5-6-23-22(24)9-10-25(23)31-37(33,34)15-14-32-12-3-4-13-32/h5-8,11,16,18-19,25,31H,3-4,9-10,12-15H2,1-2H3/t25-/m1/s1. The number of benzene rings is 2. The lowest BCUT2D eigenvalue weighted by molar-refractivity contribution is 0.242. The average molecular weight is 537 g/mol. The SMILES string of the molecule is CC(C)Oc1ccc(-c2ncc(-c3cccc4c3CC[C@H]4NS(=O)(=O)CCN3CCCC3)s2)cc1C#N. The lowest BCUT2D eigenvalue weighted by Crippen LogP contribution is -2.35. The second kappa shape index (κ2) is 10.9. The van der Waals surface area contributed by atoms with Gasteiger partial charge in [-0.2, -0.15) is 5.26 Å². The maximum atomic E-state index is 12.8. The predicted octanol–water partition coefficient (Wildman–Crippen LogP) is 5.14. The molecule has 0 saturated carbocycles. The summed E-state index contributed by atoms with van der Waals surface area (Å²) < 4.78 is 34.4. The number of aromatic nitrogens is 1. The molecule has 9 heteroatoms. The minimum Gasteiger partial charge on any atom is -0.490 e. The van der Waals surface area contributed by atoms with Crippen molar-refractivity contribution in [1.82, 2.24) is 14.6 Å². The van der Waals surface area contributed by atoms with Gasteiger partial charge < -0.3 is 9.64 Å². The van der Waals surface area contributed by atoms with Gasteiger partial charge in [-0.15, -0.1) is 11.3 Å². The van der Waals surface area contributed by atoms with E-state index < -0.39 is 10.0 Å². The van der Waals surface area contributed by atoms with Crippen molar-refractivity contribution in [2.24, 2.45) is 0 Å². The topological polar surface area (TPSA) is 95.3 Å². The Morgan fingerprint density at radius 3 is 2.81 bits per heavy atom. The number of likely N-dealkylation sites (tertiary alicyclic amines) is 1. The van der Waals surface area contributed by atoms with E-state index in [4.69, 9.17) is 4.74 Å². The van der Waals surface area contributed by atoms with Gasteiger partial charge in [0.25, 0.3) is 0 Å². The maximum absolute atomic E-state index is 12.8. The van der Waals surface area contributed by atoms with Gasteiger partial charge in [0, 0.05) is 24.3 Å². The van der Waals surface area contributed by atoms with E-state index in [0.29, 0.717) is 17.9 Å². The first-order chi connectivity index (χ1) is 17.8. The normalized spacial score (nSPS) is 17.7. The summed E-state index contributed by atoms with van der Waals surface area (Å²) in [5, 5.41) is 10.4. The number of ether oxygens (including phenoxy) is 1. The largest absolute Gasteiger partial charge is 0.490 e. The van der Waals surface area contributed by atoms with E-state index in [1.807, 2.05) is 50.4 Å². The summed E-state index contributed by atoms with van der Waals surface area (Å²) in [5.74, 6) is 0.718. The van der Waals surface area contributed by atoms with Crippen LogP contribution >= 0.6 is 11.3 Å². The lowest BCUT2D eigenvalue weighted by atomic mass is 10.0. The van der Waals surface area contributed by atoms with Crippen LogP contribution in [0.25, 0.3) is 21.0 Å². The smallest absolute Gasteiger partial charge is 0.213 e. The zero-order chi connectivity index (χ0) is 26.0. The molecule has 5 rings (SSSR count). The van der Waals surface area contributed by atoms with Crippen LogP contribution in [-0.2, 0) is 16.4 Å². The zero-order valence-electron chi connectivity index (χ0n) is 21.2. The summed E-state index contributed by atoms with van der Waals surface area (Å²) >= 11 is 1.58. The Hall–Kier alpha value is -2.77. The van der Waals surface area contributed by atoms with Crippen molar-refractivity contribution in [3.8, 4) is 32.8 Å². The molecule has 0 amide bonds. The van der Waals surface area contributed by atoms with Crippen LogP contribution in [0.3, 0.4) is 0 Å². The first-order valence-electron chi connectivity index (χ1n) is 12.8. The number of rotatable bonds is 9. The van der Waals surface area contributed by atoms with E-state index in [1.165, 1.54) is 5.56 Å². The van der Waals surface area contributed by atoms with Gasteiger partial charge in [-0.3, -0.25) is 0 Å². The van der Waals surface area contributed by atoms with Crippen LogP contribution < -0.4 is 9.46 Å². The number of nitrogens with zero attached hydrogens (tertiary/aromatic N) is 3. The molecule has 1 aliphatic carbocycles. The summed E-state index contributed by atoms with van der Waals surface area (Å²) in [6.07, 6.45) is 5.74. The Balaban J connectivity index is 1.34. The van der Waals surface area contributed by atoms with E-state index in [0.717, 1.165) is 65.3 Å². The van der Waals surface area contributed by atoms with Crippen LogP contribution in [-0.4, -0.2) is 49.8 Å². The van der Waals surface area contributed by atoms with Crippen molar-refractivity contribution in [2.75, 3.05) is 25.4 Å². The molecule has 1 atom stereocenters. The van der Waals surface area contributed by atoms with Crippen LogP contribution in [0.2, 0.25) is 0 Å². The Morgan fingerprint density at radius 1 is 1.24 bits per heavy atom. The molecule has 1 aliphatic heterocycles. The molecule has 0 bridgehead atoms. The number of sulfonamides is 1. The van der Waals surface area contributed by atoms with E-state index >= 15 is 0 Å². The minimum atomic E-state index is -3.36. The van der Waals surface area contributed by atoms with Gasteiger partial charge >= 0.3 is 0 Å². The van der Waals surface area contributed by atoms with Crippen LogP contribution in [0, 0.1) is 11.3 Å². The molecular weight excluding hydrogens is 504 g/mol. The molecule has 7 nitrogen and oxygen atoms in total. The molecule has 2 aromatic carbocycles. The molecule has 0 spiro atoms. The van der Waals surface area contributed by atoms with E-state index in [9.17, 15) is 13.7 Å². The zero-order valence-corrected chi connectivity index (χ0v) is 22.9. The van der Waals surface area contributed by atoms with Crippen LogP contribution in [0.15, 0.2) is 42.6 Å². The van der Waals surface area contributed by atoms with E-state index in [2.05, 4.69) is 26.7 Å². The second-order valence-corrected chi connectivity index (χ2v) is 12.9. The Morgan fingerprint density at radius 2 is 2.05 bits per heavy atom. The molecular formula is C28H32N4O3S2. The van der Waals surface area contributed by atoms with Crippen LogP contribution in [0.4, 0.5) is 0 Å². The molecule has 1 fully saturated rings. The summed E-state index contributed by atoms with van der Waals surface area (Å²) in [6, 6.07) is 13.7. The van der Waals surface area contributed by atoms with E-state index in [-0.39, 0.29) is 17.9 Å². The van der Waals surface area contributed by atoms with Gasteiger partial charge in [-0.25, -0.2) is 18.1 Å². The van der Waals surface area contributed by atoms with Gasteiger partial charge in [-0.05, 0) is 87.5 Å². The Kier molecular flexibility index (Phi) is 7.63. The van der Waals surface area contributed by atoms with Crippen LogP contribution in [0.1, 0.15) is 55.8 Å². The van der Waals surface area contributed by atoms with Gasteiger partial charge in [0.2, 0.25) is 10.0 Å². The number of nitriles is 1. The first kappa shape index (κ1) is 25.9. The van der Waals surface area contributed by atoms with Crippen molar-refractivity contribution in [3.63, 3.8) is 0 Å². The summed E-state index contributed by atoms with van der Waals surface area (Å²) in [4.78, 5) is 7.91. The van der Waals surface area contributed by atoms with Crippen molar-refractivity contribution in [2.45, 2.75) is 51.7 Å². The number of hydrogen-bond donors (Lipinski definition) is 1. The molecule has 0 radical (unpaired) electrons. The molecule has 1 N–H and O–H groups in total. The average Bonchev–Trinajstić information content (AvgIpc) is 3.64. The van der Waals surface area contributed by atoms with Gasteiger partial charge in [0.15, 0.2) is 0 Å². The summed E-state index contributed by atoms with van der Waals surface area (Å²) in [6.45, 7) is 6.46. The fourth-order valence-electron chi connectivity index (χ4n) is 5.18. The molecule has 1 aromatic heterocycles. The third-order valence-electron chi connectivity index (χ3n) is 6.95. The monoisotopic (exact) mass is 536 g/mol. The third kappa shape index (κ3) is 5.88. The van der Waals surface area contributed by atoms with Crippen molar-refractivity contribution in [1.29, 1.82) is 5.26 Å². The lowest BCUT2D eigenvalue weighted by Gasteiger charge is -2.18. The Labute approximate surface area is 223 Å². The minimum absolute atomic E-state index is 0.0111. The van der Waals surface area contributed by atoms with Crippen molar-refractivity contribution >= 4 is 21.4 Å². The number of hydrogen-bond acceptors (Lipinski definition) is 7. The number of fused-ring (bicyclic) bond motifs is 1. The highest BCUT2D eigenvalue weighted by molar-refractivity contribution is 7.89. The van der Waals surface area contributed by atoms with Gasteiger partial charge in [-0.1, -0.05) is 18.2 Å². The van der Waals surface area contributed by atoms with Gasteiger partial charge in [0.1, 0.15) is 16.8 Å². The fourth-order valence-corrected chi connectivity index (χ4v) is 7.44. The molecule has 3 aromatic rings. The quantitative estimate of drug-likeness (QED) is 0.407. The molecule has 37 heavy (non-hydrogen) atoms. The highest BCUT2D eigenvalue weighted by atomic mass is 32.2. The number of nitrogens with one attached hydrogen (secondary N) is 1. The summed E-state index contributed by atoms with van der Waals surface area (Å²) in [5.41, 5.74) is 4.70. The number of thiazole rings is 1. The third-order valence-corrected chi connectivity index (χ3v) is 9.39. The Bertz CT molecular complexity index is 1420. The van der Waals surface area contributed by atoms with Crippen molar-refractivity contribution < 1.29 is 13.2 Å². The molecule has 2 aliphatic rings. The first-order valence-corrected chi connectivity index (χ1v) is 15.3. The maximum Gasteiger partial charge on any atom is 0.213 e. The molecule has 1 saturated heterocycles. The second-order valence-electron chi connectivity index (χ2n) is 9.97. The summed E-state index contributed by atoms with van der Waals surface area (Å²) in [7, 11) is -3.36. The highest BCUT2D eigenvalue weighted by Gasteiger charge is 2.29.